The molecule has 0 fully saturated rings. The van der Waals surface area contributed by atoms with Gasteiger partial charge in [-0.2, -0.15) is 0 Å². The first-order valence-electron chi connectivity index (χ1n) is 6.09. The van der Waals surface area contributed by atoms with E-state index in [4.69, 9.17) is 9.47 Å². The molecule has 1 amide bonds. The molecule has 1 aromatic rings. The maximum Gasteiger partial charge on any atom is 0.407 e. The molecule has 112 valence electrons. The molecule has 0 aliphatic carbocycles. The van der Waals surface area contributed by atoms with E-state index in [1.165, 1.54) is 30.2 Å². The van der Waals surface area contributed by atoms with Gasteiger partial charge in [0.25, 0.3) is 0 Å². The molecular weight excluding hydrogens is 298 g/mol. The SMILES string of the molecule is COC(=O)c1sccc1SCCNC(=O)OC(C)(C)C. The van der Waals surface area contributed by atoms with Gasteiger partial charge in [0.1, 0.15) is 10.5 Å². The molecule has 1 N–H and O–H groups in total. The lowest BCUT2D eigenvalue weighted by atomic mass is 10.2. The average Bonchev–Trinajstić information content (AvgIpc) is 2.79. The predicted octanol–water partition coefficient (Wildman–Crippen LogP) is 3.15. The van der Waals surface area contributed by atoms with Crippen molar-refractivity contribution in [3.8, 4) is 0 Å². The van der Waals surface area contributed by atoms with Gasteiger partial charge < -0.3 is 14.8 Å². The summed E-state index contributed by atoms with van der Waals surface area (Å²) >= 11 is 2.84. The van der Waals surface area contributed by atoms with Gasteiger partial charge in [-0.05, 0) is 32.2 Å². The van der Waals surface area contributed by atoms with Gasteiger partial charge in [0.05, 0.1) is 7.11 Å². The van der Waals surface area contributed by atoms with E-state index in [2.05, 4.69) is 5.32 Å². The van der Waals surface area contributed by atoms with E-state index in [-0.39, 0.29) is 5.97 Å². The molecule has 5 nitrogen and oxygen atoms in total. The first kappa shape index (κ1) is 16.8. The van der Waals surface area contributed by atoms with Gasteiger partial charge in [-0.1, -0.05) is 0 Å². The van der Waals surface area contributed by atoms with Crippen LogP contribution in [0, 0.1) is 0 Å². The minimum Gasteiger partial charge on any atom is -0.465 e. The summed E-state index contributed by atoms with van der Waals surface area (Å²) < 4.78 is 9.83. The average molecular weight is 317 g/mol. The Bertz CT molecular complexity index is 465. The van der Waals surface area contributed by atoms with Crippen molar-refractivity contribution in [3.63, 3.8) is 0 Å². The molecule has 7 heteroatoms. The fourth-order valence-electron chi connectivity index (χ4n) is 1.28. The molecule has 0 saturated carbocycles. The van der Waals surface area contributed by atoms with Crippen molar-refractivity contribution in [2.45, 2.75) is 31.3 Å². The fourth-order valence-corrected chi connectivity index (χ4v) is 3.19. The zero-order valence-electron chi connectivity index (χ0n) is 12.0. The zero-order valence-corrected chi connectivity index (χ0v) is 13.7. The van der Waals surface area contributed by atoms with Crippen molar-refractivity contribution in [3.05, 3.63) is 16.3 Å². The Morgan fingerprint density at radius 1 is 1.40 bits per heavy atom. The number of thiophene rings is 1. The normalized spacial score (nSPS) is 11.0. The van der Waals surface area contributed by atoms with Crippen LogP contribution >= 0.6 is 23.1 Å². The second-order valence-electron chi connectivity index (χ2n) is 4.88. The molecule has 0 spiro atoms. The minimum atomic E-state index is -0.497. The van der Waals surface area contributed by atoms with Crippen LogP contribution in [0.4, 0.5) is 4.79 Å². The summed E-state index contributed by atoms with van der Waals surface area (Å²) in [7, 11) is 1.36. The number of methoxy groups -OCH3 is 1. The maximum atomic E-state index is 11.5. The van der Waals surface area contributed by atoms with Gasteiger partial charge in [-0.15, -0.1) is 23.1 Å². The van der Waals surface area contributed by atoms with E-state index < -0.39 is 11.7 Å². The van der Waals surface area contributed by atoms with E-state index in [1.54, 1.807) is 0 Å². The predicted molar refractivity (Wildman–Crippen MR) is 80.6 cm³/mol. The van der Waals surface area contributed by atoms with Crippen LogP contribution in [0.25, 0.3) is 0 Å². The summed E-state index contributed by atoms with van der Waals surface area (Å²) in [5.41, 5.74) is -0.497. The molecule has 1 aromatic heterocycles. The molecule has 1 heterocycles. The van der Waals surface area contributed by atoms with Crippen LogP contribution in [0.1, 0.15) is 30.4 Å². The van der Waals surface area contributed by atoms with E-state index in [1.807, 2.05) is 32.2 Å². The molecule has 0 bridgehead atoms. The van der Waals surface area contributed by atoms with Crippen LogP contribution in [0.2, 0.25) is 0 Å². The maximum absolute atomic E-state index is 11.5. The summed E-state index contributed by atoms with van der Waals surface area (Å²) in [6.07, 6.45) is -0.434. The van der Waals surface area contributed by atoms with Crippen molar-refractivity contribution in [2.75, 3.05) is 19.4 Å². The molecule has 0 unspecified atom stereocenters. The van der Waals surface area contributed by atoms with Crippen LogP contribution < -0.4 is 5.32 Å². The third-order valence-corrected chi connectivity index (χ3v) is 4.11. The van der Waals surface area contributed by atoms with Crippen LogP contribution in [0.15, 0.2) is 16.3 Å². The largest absolute Gasteiger partial charge is 0.465 e. The highest BCUT2D eigenvalue weighted by Crippen LogP contribution is 2.27. The fraction of sp³-hybridized carbons (Fsp3) is 0.538. The van der Waals surface area contributed by atoms with Gasteiger partial charge >= 0.3 is 12.1 Å². The first-order valence-corrected chi connectivity index (χ1v) is 7.95. The summed E-state index contributed by atoms with van der Waals surface area (Å²) in [6.45, 7) is 5.91. The zero-order chi connectivity index (χ0) is 15.2. The Balaban J connectivity index is 2.33. The number of carbonyl (C=O) groups is 2. The molecule has 0 aromatic carbocycles. The molecule has 0 atom stereocenters. The molecule has 0 aliphatic rings. The standard InChI is InChI=1S/C13H19NO4S2/c1-13(2,3)18-12(16)14-6-8-19-9-5-7-20-10(9)11(15)17-4/h5,7H,6,8H2,1-4H3,(H,14,16). The Hall–Kier alpha value is -1.21. The molecule has 0 aliphatic heterocycles. The van der Waals surface area contributed by atoms with Crippen LogP contribution in [0.5, 0.6) is 0 Å². The second kappa shape index (κ2) is 7.54. The Labute approximate surface area is 127 Å². The van der Waals surface area contributed by atoms with E-state index >= 15 is 0 Å². The first-order chi connectivity index (χ1) is 9.33. The lowest BCUT2D eigenvalue weighted by Crippen LogP contribution is -2.33. The van der Waals surface area contributed by atoms with Gasteiger partial charge in [0, 0.05) is 17.2 Å². The monoisotopic (exact) mass is 317 g/mol. The van der Waals surface area contributed by atoms with Crippen molar-refractivity contribution in [2.24, 2.45) is 0 Å². The lowest BCUT2D eigenvalue weighted by Gasteiger charge is -2.19. The minimum absolute atomic E-state index is 0.331. The van der Waals surface area contributed by atoms with Crippen molar-refractivity contribution < 1.29 is 19.1 Å². The lowest BCUT2D eigenvalue weighted by molar-refractivity contribution is 0.0530. The summed E-state index contributed by atoms with van der Waals surface area (Å²) in [6, 6.07) is 1.87. The van der Waals surface area contributed by atoms with Crippen LogP contribution in [-0.4, -0.2) is 37.1 Å². The topological polar surface area (TPSA) is 64.6 Å². The van der Waals surface area contributed by atoms with Crippen LogP contribution in [0.3, 0.4) is 0 Å². The van der Waals surface area contributed by atoms with Gasteiger partial charge in [0.15, 0.2) is 0 Å². The van der Waals surface area contributed by atoms with Gasteiger partial charge in [0.2, 0.25) is 0 Å². The number of hydrogen-bond donors (Lipinski definition) is 1. The molecule has 20 heavy (non-hydrogen) atoms. The van der Waals surface area contributed by atoms with Gasteiger partial charge in [-0.25, -0.2) is 9.59 Å². The molecule has 0 radical (unpaired) electrons. The molecular formula is C13H19NO4S2. The molecule has 1 rings (SSSR count). The quantitative estimate of drug-likeness (QED) is 0.513. The number of amides is 1. The summed E-state index contributed by atoms with van der Waals surface area (Å²) in [5, 5.41) is 4.51. The Kier molecular flexibility index (Phi) is 6.35. The van der Waals surface area contributed by atoms with E-state index in [0.717, 1.165) is 4.90 Å². The smallest absolute Gasteiger partial charge is 0.407 e. The number of hydrogen-bond acceptors (Lipinski definition) is 6. The number of thioether (sulfide) groups is 1. The van der Waals surface area contributed by atoms with Crippen LogP contribution in [-0.2, 0) is 9.47 Å². The number of alkyl carbamates (subject to hydrolysis) is 1. The number of carbonyl (C=O) groups excluding carboxylic acids is 2. The Morgan fingerprint density at radius 3 is 2.70 bits per heavy atom. The summed E-state index contributed by atoms with van der Waals surface area (Å²) in [4.78, 5) is 24.4. The van der Waals surface area contributed by atoms with E-state index in [0.29, 0.717) is 17.2 Å². The highest BCUT2D eigenvalue weighted by atomic mass is 32.2. The highest BCUT2D eigenvalue weighted by Gasteiger charge is 2.16. The number of esters is 1. The third kappa shape index (κ3) is 5.83. The number of nitrogens with one attached hydrogen (secondary N) is 1. The third-order valence-electron chi connectivity index (χ3n) is 2.03. The van der Waals surface area contributed by atoms with E-state index in [9.17, 15) is 9.59 Å². The number of ether oxygens (including phenoxy) is 2. The van der Waals surface area contributed by atoms with Gasteiger partial charge in [-0.3, -0.25) is 0 Å². The van der Waals surface area contributed by atoms with Crippen molar-refractivity contribution >= 4 is 35.2 Å². The van der Waals surface area contributed by atoms with Crippen molar-refractivity contribution in [1.82, 2.24) is 5.32 Å². The summed E-state index contributed by atoms with van der Waals surface area (Å²) in [5.74, 6) is 0.322. The second-order valence-corrected chi connectivity index (χ2v) is 6.94. The Morgan fingerprint density at radius 2 is 2.10 bits per heavy atom. The molecule has 0 saturated heterocycles. The highest BCUT2D eigenvalue weighted by molar-refractivity contribution is 7.99. The van der Waals surface area contributed by atoms with Crippen molar-refractivity contribution in [1.29, 1.82) is 0 Å². The number of rotatable bonds is 5.